The van der Waals surface area contributed by atoms with Crippen LogP contribution in [0.2, 0.25) is 0 Å². The maximum atomic E-state index is 11.1. The Morgan fingerprint density at radius 3 is 2.58 bits per heavy atom. The molecule has 0 amide bonds. The molecular weight excluding hydrogens is 361 g/mol. The summed E-state index contributed by atoms with van der Waals surface area (Å²) in [7, 11) is -1.19. The Morgan fingerprint density at radius 2 is 1.92 bits per heavy atom. The molecule has 3 aromatic rings. The largest absolute Gasteiger partial charge is 0.480 e. The van der Waals surface area contributed by atoms with Crippen LogP contribution in [0.25, 0.3) is 11.2 Å². The number of nitrogens with two attached hydrogens (primary N) is 1. The third-order valence-electron chi connectivity index (χ3n) is 3.64. The molecule has 138 valence electrons. The van der Waals surface area contributed by atoms with Gasteiger partial charge in [0.15, 0.2) is 17.0 Å². The van der Waals surface area contributed by atoms with Crippen LogP contribution in [0.15, 0.2) is 24.3 Å². The third-order valence-corrected chi connectivity index (χ3v) is 4.47. The van der Waals surface area contributed by atoms with Gasteiger partial charge in [0.1, 0.15) is 6.61 Å². The van der Waals surface area contributed by atoms with E-state index in [0.29, 0.717) is 17.6 Å². The van der Waals surface area contributed by atoms with Crippen molar-refractivity contribution in [2.75, 3.05) is 26.1 Å². The first-order valence-electron chi connectivity index (χ1n) is 7.66. The van der Waals surface area contributed by atoms with Crippen molar-refractivity contribution >= 4 is 30.3 Å². The van der Waals surface area contributed by atoms with Crippen LogP contribution in [0.3, 0.4) is 0 Å². The molecule has 0 aliphatic carbocycles. The first-order valence-corrected chi connectivity index (χ1v) is 9.02. The quantitative estimate of drug-likeness (QED) is 0.389. The van der Waals surface area contributed by atoms with E-state index in [1.807, 2.05) is 0 Å². The molecule has 1 aromatic carbocycles. The monoisotopic (exact) mass is 379 g/mol. The average molecular weight is 379 g/mol. The molecule has 0 spiro atoms. The number of anilines is 1. The normalized spacial score (nSPS) is 12.4. The molecule has 10 nitrogen and oxygen atoms in total. The molecule has 4 N–H and O–H groups in total. The lowest BCUT2D eigenvalue weighted by atomic mass is 10.2. The summed E-state index contributed by atoms with van der Waals surface area (Å²) in [6, 6.07) is 6.31. The van der Waals surface area contributed by atoms with Gasteiger partial charge in [0.05, 0.1) is 13.2 Å². The second kappa shape index (κ2) is 7.69. The summed E-state index contributed by atoms with van der Waals surface area (Å²) in [5, 5.41) is 10.5. The minimum Gasteiger partial charge on any atom is -0.480 e. The minimum absolute atomic E-state index is 0.0578. The first-order chi connectivity index (χ1) is 12.5. The number of hydrogen-bond donors (Lipinski definition) is 3. The highest BCUT2D eigenvalue weighted by Crippen LogP contribution is 2.25. The Bertz CT molecular complexity index is 944. The fourth-order valence-electron chi connectivity index (χ4n) is 2.35. The maximum Gasteiger partial charge on any atom is 0.320 e. The number of aromatic nitrogens is 4. The van der Waals surface area contributed by atoms with Crippen molar-refractivity contribution in [2.24, 2.45) is 0 Å². The molecule has 0 saturated carbocycles. The lowest BCUT2D eigenvalue weighted by Crippen LogP contribution is -2.09. The number of imidazole rings is 1. The van der Waals surface area contributed by atoms with E-state index in [-0.39, 0.29) is 36.5 Å². The number of methoxy groups -OCH3 is 1. The van der Waals surface area contributed by atoms with Crippen LogP contribution in [-0.2, 0) is 15.8 Å². The summed E-state index contributed by atoms with van der Waals surface area (Å²) in [4.78, 5) is 21.4. The zero-order valence-electron chi connectivity index (χ0n) is 13.9. The van der Waals surface area contributed by atoms with Crippen molar-refractivity contribution in [2.45, 2.75) is 6.54 Å². The van der Waals surface area contributed by atoms with Gasteiger partial charge >= 0.3 is 6.01 Å². The van der Waals surface area contributed by atoms with Crippen LogP contribution < -0.4 is 15.8 Å². The summed E-state index contributed by atoms with van der Waals surface area (Å²) in [6.45, 7) is 0.860. The zero-order chi connectivity index (χ0) is 18.7. The second-order valence-corrected chi connectivity index (χ2v) is 6.59. The molecule has 0 fully saturated rings. The number of ether oxygens (including phenoxy) is 2. The highest BCUT2D eigenvalue weighted by molar-refractivity contribution is 7.47. The molecule has 0 aliphatic rings. The lowest BCUT2D eigenvalue weighted by molar-refractivity contribution is 0.141. The van der Waals surface area contributed by atoms with E-state index in [1.54, 1.807) is 31.4 Å². The van der Waals surface area contributed by atoms with E-state index in [0.717, 1.165) is 5.56 Å². The molecule has 1 atom stereocenters. The van der Waals surface area contributed by atoms with Gasteiger partial charge in [0, 0.05) is 12.4 Å². The van der Waals surface area contributed by atoms with Crippen molar-refractivity contribution in [1.82, 2.24) is 19.5 Å². The molecule has 2 heterocycles. The molecule has 1 unspecified atom stereocenters. The summed E-state index contributed by atoms with van der Waals surface area (Å²) in [5.74, 6) is 0.0886. The van der Waals surface area contributed by atoms with Gasteiger partial charge in [-0.05, 0) is 17.7 Å². The van der Waals surface area contributed by atoms with Gasteiger partial charge in [-0.1, -0.05) is 12.1 Å². The number of nitrogen functional groups attached to an aromatic ring is 1. The molecule has 0 bridgehead atoms. The molecule has 26 heavy (non-hydrogen) atoms. The number of nitrogens with zero attached hydrogens (tertiary/aromatic N) is 4. The summed E-state index contributed by atoms with van der Waals surface area (Å²) < 4.78 is 22.9. The highest BCUT2D eigenvalue weighted by atomic mass is 31.1. The number of aromatic hydroxyl groups is 1. The highest BCUT2D eigenvalue weighted by Gasteiger charge is 2.17. The number of benzene rings is 1. The van der Waals surface area contributed by atoms with Gasteiger partial charge in [-0.25, -0.2) is 0 Å². The van der Waals surface area contributed by atoms with E-state index in [1.165, 1.54) is 4.57 Å². The van der Waals surface area contributed by atoms with Crippen LogP contribution in [0.1, 0.15) is 5.56 Å². The SMILES string of the molecule is COCCOc1nc(N)c2nc(O)n(Cc3ccc([PH](=O)O)cc3)c2n1. The summed E-state index contributed by atoms with van der Waals surface area (Å²) in [5.41, 5.74) is 7.25. The molecular formula is C15H18N5O5P. The Balaban J connectivity index is 1.93. The van der Waals surface area contributed by atoms with Gasteiger partial charge in [-0.3, -0.25) is 9.13 Å². The van der Waals surface area contributed by atoms with Gasteiger partial charge in [-0.15, -0.1) is 0 Å². The molecule has 3 rings (SSSR count). The van der Waals surface area contributed by atoms with Crippen LogP contribution in [0.5, 0.6) is 12.0 Å². The van der Waals surface area contributed by atoms with E-state index >= 15 is 0 Å². The standard InChI is InChI=1S/C15H18N5O5P/c1-24-6-7-25-14-18-12(16)11-13(19-14)20(15(21)17-11)8-9-2-4-10(5-3-9)26(22)23/h2-5,26H,6-8H2,1H3,(H,17,21)(H,22,23)(H2,16,18,19). The van der Waals surface area contributed by atoms with Crippen LogP contribution >= 0.6 is 8.03 Å². The van der Waals surface area contributed by atoms with Crippen molar-refractivity contribution in [1.29, 1.82) is 0 Å². The number of rotatable bonds is 7. The van der Waals surface area contributed by atoms with E-state index in [4.69, 9.17) is 20.1 Å². The Kier molecular flexibility index (Phi) is 5.36. The van der Waals surface area contributed by atoms with Crippen molar-refractivity contribution in [3.8, 4) is 12.0 Å². The molecule has 0 saturated heterocycles. The average Bonchev–Trinajstić information content (AvgIpc) is 2.92. The smallest absolute Gasteiger partial charge is 0.320 e. The molecule has 0 radical (unpaired) electrons. The van der Waals surface area contributed by atoms with Gasteiger partial charge < -0.3 is 25.2 Å². The Hall–Kier alpha value is -2.68. The summed E-state index contributed by atoms with van der Waals surface area (Å²) in [6.07, 6.45) is 0. The topological polar surface area (TPSA) is 146 Å². The second-order valence-electron chi connectivity index (χ2n) is 5.40. The van der Waals surface area contributed by atoms with Gasteiger partial charge in [0.2, 0.25) is 8.03 Å². The van der Waals surface area contributed by atoms with Gasteiger partial charge in [-0.2, -0.15) is 15.0 Å². The fraction of sp³-hybridized carbons (Fsp3) is 0.267. The predicted octanol–water partition coefficient (Wildman–Crippen LogP) is 0.280. The van der Waals surface area contributed by atoms with Crippen LogP contribution in [0.4, 0.5) is 5.82 Å². The molecule has 2 aromatic heterocycles. The number of fused-ring (bicyclic) bond motifs is 1. The lowest BCUT2D eigenvalue weighted by Gasteiger charge is -2.08. The van der Waals surface area contributed by atoms with Crippen LogP contribution in [0, 0.1) is 0 Å². The summed E-state index contributed by atoms with van der Waals surface area (Å²) >= 11 is 0. The maximum absolute atomic E-state index is 11.1. The van der Waals surface area contributed by atoms with Crippen molar-refractivity contribution in [3.05, 3.63) is 29.8 Å². The van der Waals surface area contributed by atoms with Crippen LogP contribution in [-0.4, -0.2) is 49.8 Å². The van der Waals surface area contributed by atoms with E-state index in [9.17, 15) is 9.67 Å². The van der Waals surface area contributed by atoms with E-state index in [2.05, 4.69) is 15.0 Å². The first kappa shape index (κ1) is 18.1. The minimum atomic E-state index is -2.74. The Labute approximate surface area is 149 Å². The van der Waals surface area contributed by atoms with E-state index < -0.39 is 8.03 Å². The number of hydrogen-bond acceptors (Lipinski definition) is 8. The van der Waals surface area contributed by atoms with Gasteiger partial charge in [0.25, 0.3) is 6.01 Å². The van der Waals surface area contributed by atoms with Crippen molar-refractivity contribution in [3.63, 3.8) is 0 Å². The zero-order valence-corrected chi connectivity index (χ0v) is 14.9. The third kappa shape index (κ3) is 3.77. The Morgan fingerprint density at radius 1 is 1.19 bits per heavy atom. The molecule has 11 heteroatoms. The predicted molar refractivity (Wildman–Crippen MR) is 95.2 cm³/mol. The van der Waals surface area contributed by atoms with Crippen molar-refractivity contribution < 1.29 is 24.0 Å². The fourth-order valence-corrected chi connectivity index (χ4v) is 2.80. The molecule has 0 aliphatic heterocycles.